The molecule has 2 heterocycles. The molecule has 0 N–H and O–H groups in total. The Morgan fingerprint density at radius 1 is 0.966 bits per heavy atom. The summed E-state index contributed by atoms with van der Waals surface area (Å²) in [5.74, 6) is -0.245. The predicted octanol–water partition coefficient (Wildman–Crippen LogP) is 5.35. The zero-order valence-electron chi connectivity index (χ0n) is 16.0. The first-order chi connectivity index (χ1) is 14.1. The van der Waals surface area contributed by atoms with Gasteiger partial charge < -0.3 is 9.47 Å². The fraction of sp³-hybridized carbons (Fsp3) is 0.0800. The Labute approximate surface area is 168 Å². The summed E-state index contributed by atoms with van der Waals surface area (Å²) in [5, 5.41) is 1.07. The van der Waals surface area contributed by atoms with Crippen LogP contribution in [-0.2, 0) is 11.3 Å². The van der Waals surface area contributed by atoms with Crippen LogP contribution in [0.25, 0.3) is 22.6 Å². The highest BCUT2D eigenvalue weighted by molar-refractivity contribution is 6.36. The SMILES string of the molecule is CN1C(=O)C(=Cc2cn(Cc3cccc(F)c3)c3ccccc23)c2ccccc21. The molecule has 4 heteroatoms. The van der Waals surface area contributed by atoms with E-state index in [0.717, 1.165) is 33.3 Å². The van der Waals surface area contributed by atoms with Gasteiger partial charge in [-0.05, 0) is 35.9 Å². The zero-order valence-corrected chi connectivity index (χ0v) is 16.0. The van der Waals surface area contributed by atoms with Crippen LogP contribution in [0.3, 0.4) is 0 Å². The van der Waals surface area contributed by atoms with E-state index in [1.807, 2.05) is 60.8 Å². The molecular weight excluding hydrogens is 363 g/mol. The molecule has 142 valence electrons. The lowest BCUT2D eigenvalue weighted by Crippen LogP contribution is -2.20. The first-order valence-corrected chi connectivity index (χ1v) is 9.53. The standard InChI is InChI=1S/C25H19FN2O/c1-27-23-11-4-3-10-21(23)22(25(27)29)14-18-16-28(24-12-5-2-9-20(18)24)15-17-7-6-8-19(26)13-17/h2-14,16H,15H2,1H3. The second-order valence-corrected chi connectivity index (χ2v) is 7.30. The van der Waals surface area contributed by atoms with Crippen molar-refractivity contribution < 1.29 is 9.18 Å². The molecule has 3 nitrogen and oxygen atoms in total. The number of benzene rings is 3. The van der Waals surface area contributed by atoms with Crippen molar-refractivity contribution in [1.29, 1.82) is 0 Å². The van der Waals surface area contributed by atoms with Gasteiger partial charge in [0.2, 0.25) is 0 Å². The zero-order chi connectivity index (χ0) is 20.0. The molecular formula is C25H19FN2O. The summed E-state index contributed by atoms with van der Waals surface area (Å²) in [6.07, 6.45) is 4.01. The fourth-order valence-corrected chi connectivity index (χ4v) is 4.05. The molecule has 1 aliphatic rings. The van der Waals surface area contributed by atoms with Crippen LogP contribution in [0.15, 0.2) is 79.0 Å². The molecule has 4 aromatic rings. The third-order valence-corrected chi connectivity index (χ3v) is 5.45. The molecule has 0 aliphatic carbocycles. The van der Waals surface area contributed by atoms with Crippen LogP contribution in [-0.4, -0.2) is 17.5 Å². The molecule has 0 saturated heterocycles. The Morgan fingerprint density at radius 2 is 1.76 bits per heavy atom. The van der Waals surface area contributed by atoms with E-state index in [0.29, 0.717) is 12.1 Å². The summed E-state index contributed by atoms with van der Waals surface area (Å²) in [6, 6.07) is 22.6. The maximum atomic E-state index is 13.6. The van der Waals surface area contributed by atoms with Gasteiger partial charge in [-0.25, -0.2) is 4.39 Å². The smallest absolute Gasteiger partial charge is 0.258 e. The number of hydrogen-bond donors (Lipinski definition) is 0. The Hall–Kier alpha value is -3.66. The van der Waals surface area contributed by atoms with Gasteiger partial charge in [0.25, 0.3) is 5.91 Å². The molecule has 1 amide bonds. The molecule has 0 radical (unpaired) electrons. The Bertz CT molecular complexity index is 1280. The summed E-state index contributed by atoms with van der Waals surface area (Å²) >= 11 is 0. The van der Waals surface area contributed by atoms with Crippen molar-refractivity contribution in [2.24, 2.45) is 0 Å². The number of halogens is 1. The summed E-state index contributed by atoms with van der Waals surface area (Å²) in [4.78, 5) is 14.5. The third-order valence-electron chi connectivity index (χ3n) is 5.45. The molecule has 0 atom stereocenters. The van der Waals surface area contributed by atoms with Gasteiger partial charge in [0.05, 0.1) is 5.69 Å². The minimum atomic E-state index is -0.238. The number of carbonyl (C=O) groups is 1. The van der Waals surface area contributed by atoms with E-state index in [1.54, 1.807) is 24.1 Å². The number of nitrogens with zero attached hydrogens (tertiary/aromatic N) is 2. The lowest BCUT2D eigenvalue weighted by atomic mass is 10.0. The van der Waals surface area contributed by atoms with Crippen LogP contribution in [0.5, 0.6) is 0 Å². The number of amides is 1. The second-order valence-electron chi connectivity index (χ2n) is 7.30. The van der Waals surface area contributed by atoms with Crippen LogP contribution in [0.4, 0.5) is 10.1 Å². The molecule has 0 saturated carbocycles. The van der Waals surface area contributed by atoms with E-state index < -0.39 is 0 Å². The Kier molecular flexibility index (Phi) is 4.06. The summed E-state index contributed by atoms with van der Waals surface area (Å²) in [6.45, 7) is 0.561. The first kappa shape index (κ1) is 17.4. The van der Waals surface area contributed by atoms with Gasteiger partial charge >= 0.3 is 0 Å². The van der Waals surface area contributed by atoms with Crippen molar-refractivity contribution in [2.75, 3.05) is 11.9 Å². The van der Waals surface area contributed by atoms with Crippen LogP contribution in [0.2, 0.25) is 0 Å². The normalized spacial score (nSPS) is 14.8. The van der Waals surface area contributed by atoms with E-state index in [9.17, 15) is 9.18 Å². The van der Waals surface area contributed by atoms with Gasteiger partial charge in [0, 0.05) is 47.4 Å². The van der Waals surface area contributed by atoms with E-state index >= 15 is 0 Å². The number of likely N-dealkylation sites (N-methyl/N-ethyl adjacent to an activating group) is 1. The molecule has 1 aliphatic heterocycles. The van der Waals surface area contributed by atoms with Gasteiger partial charge in [0.15, 0.2) is 0 Å². The minimum absolute atomic E-state index is 0.00633. The van der Waals surface area contributed by atoms with Crippen LogP contribution in [0, 0.1) is 5.82 Å². The molecule has 0 unspecified atom stereocenters. The molecule has 0 bridgehead atoms. The Morgan fingerprint density at radius 3 is 2.62 bits per heavy atom. The van der Waals surface area contributed by atoms with Crippen molar-refractivity contribution in [3.8, 4) is 0 Å². The van der Waals surface area contributed by atoms with Crippen molar-refractivity contribution in [2.45, 2.75) is 6.54 Å². The molecule has 1 aromatic heterocycles. The van der Waals surface area contributed by atoms with E-state index in [1.165, 1.54) is 6.07 Å². The lowest BCUT2D eigenvalue weighted by Gasteiger charge is -2.07. The number of para-hydroxylation sites is 2. The number of fused-ring (bicyclic) bond motifs is 2. The van der Waals surface area contributed by atoms with Crippen LogP contribution < -0.4 is 4.90 Å². The van der Waals surface area contributed by atoms with Crippen LogP contribution in [0.1, 0.15) is 16.7 Å². The number of aromatic nitrogens is 1. The van der Waals surface area contributed by atoms with Gasteiger partial charge in [0.1, 0.15) is 5.82 Å². The quantitative estimate of drug-likeness (QED) is 0.439. The molecule has 0 spiro atoms. The van der Waals surface area contributed by atoms with Crippen LogP contribution >= 0.6 is 0 Å². The second kappa shape index (κ2) is 6.74. The van der Waals surface area contributed by atoms with E-state index in [-0.39, 0.29) is 11.7 Å². The Balaban J connectivity index is 1.63. The molecule has 3 aromatic carbocycles. The van der Waals surface area contributed by atoms with E-state index in [4.69, 9.17) is 0 Å². The third kappa shape index (κ3) is 2.93. The highest BCUT2D eigenvalue weighted by Gasteiger charge is 2.29. The number of carbonyl (C=O) groups excluding carboxylic acids is 1. The summed E-state index contributed by atoms with van der Waals surface area (Å²) in [5.41, 5.74) is 5.49. The van der Waals surface area contributed by atoms with Gasteiger partial charge in [-0.1, -0.05) is 48.5 Å². The number of hydrogen-bond acceptors (Lipinski definition) is 1. The van der Waals surface area contributed by atoms with Gasteiger partial charge in [-0.15, -0.1) is 0 Å². The van der Waals surface area contributed by atoms with Gasteiger partial charge in [-0.3, -0.25) is 4.79 Å². The summed E-state index contributed by atoms with van der Waals surface area (Å²) in [7, 11) is 1.80. The molecule has 0 fully saturated rings. The topological polar surface area (TPSA) is 25.2 Å². The van der Waals surface area contributed by atoms with Crippen molar-refractivity contribution >= 4 is 34.1 Å². The van der Waals surface area contributed by atoms with Crippen molar-refractivity contribution in [3.05, 3.63) is 102 Å². The number of rotatable bonds is 3. The highest BCUT2D eigenvalue weighted by Crippen LogP contribution is 2.37. The monoisotopic (exact) mass is 382 g/mol. The number of anilines is 1. The van der Waals surface area contributed by atoms with E-state index in [2.05, 4.69) is 10.6 Å². The summed E-state index contributed by atoms with van der Waals surface area (Å²) < 4.78 is 15.7. The molecule has 5 rings (SSSR count). The first-order valence-electron chi connectivity index (χ1n) is 9.53. The molecule has 29 heavy (non-hydrogen) atoms. The highest BCUT2D eigenvalue weighted by atomic mass is 19.1. The van der Waals surface area contributed by atoms with Crippen molar-refractivity contribution in [3.63, 3.8) is 0 Å². The maximum Gasteiger partial charge on any atom is 0.258 e. The minimum Gasteiger partial charge on any atom is -0.342 e. The largest absolute Gasteiger partial charge is 0.342 e. The lowest BCUT2D eigenvalue weighted by molar-refractivity contribution is -0.112. The fourth-order valence-electron chi connectivity index (χ4n) is 4.05. The predicted molar refractivity (Wildman–Crippen MR) is 115 cm³/mol. The average molecular weight is 382 g/mol. The maximum absolute atomic E-state index is 13.6. The average Bonchev–Trinajstić information content (AvgIpc) is 3.19. The van der Waals surface area contributed by atoms with Gasteiger partial charge in [-0.2, -0.15) is 0 Å². The van der Waals surface area contributed by atoms with Crippen molar-refractivity contribution in [1.82, 2.24) is 4.57 Å².